The molecule has 2 aliphatic rings. The molecule has 0 radical (unpaired) electrons. The molecule has 5 heteroatoms. The fourth-order valence-corrected chi connectivity index (χ4v) is 3.06. The lowest BCUT2D eigenvalue weighted by Crippen LogP contribution is -2.48. The first kappa shape index (κ1) is 16.1. The molecule has 0 saturated heterocycles. The van der Waals surface area contributed by atoms with E-state index < -0.39 is 29.1 Å². The van der Waals surface area contributed by atoms with Gasteiger partial charge in [0.1, 0.15) is 0 Å². The third-order valence-corrected chi connectivity index (χ3v) is 4.33. The van der Waals surface area contributed by atoms with Gasteiger partial charge in [-0.15, -0.1) is 6.58 Å². The van der Waals surface area contributed by atoms with Crippen molar-refractivity contribution < 1.29 is 22.3 Å². The van der Waals surface area contributed by atoms with E-state index in [9.17, 15) is 17.6 Å². The maximum Gasteiger partial charge on any atom is 0.369 e. The van der Waals surface area contributed by atoms with Gasteiger partial charge in [-0.05, 0) is 50.5 Å². The highest BCUT2D eigenvalue weighted by Gasteiger charge is 2.64. The van der Waals surface area contributed by atoms with Crippen molar-refractivity contribution in [2.75, 3.05) is 6.61 Å². The van der Waals surface area contributed by atoms with E-state index in [1.54, 1.807) is 0 Å². The summed E-state index contributed by atoms with van der Waals surface area (Å²) in [7, 11) is 0. The zero-order valence-electron chi connectivity index (χ0n) is 12.0. The number of allylic oxidation sites excluding steroid dienone is 5. The number of alkyl halides is 4. The Morgan fingerprint density at radius 3 is 2.29 bits per heavy atom. The SMILES string of the molecule is C=CC1CCC(C2=CC=C(OCC)C(F)(F)C2(F)F)CC1. The van der Waals surface area contributed by atoms with Crippen molar-refractivity contribution in [3.8, 4) is 0 Å². The third-order valence-electron chi connectivity index (χ3n) is 4.33. The van der Waals surface area contributed by atoms with Crippen molar-refractivity contribution in [1.82, 2.24) is 0 Å². The van der Waals surface area contributed by atoms with Crippen LogP contribution in [-0.4, -0.2) is 18.5 Å². The number of halogens is 4. The molecule has 21 heavy (non-hydrogen) atoms. The van der Waals surface area contributed by atoms with Crippen molar-refractivity contribution in [3.63, 3.8) is 0 Å². The Hall–Kier alpha value is -1.26. The largest absolute Gasteiger partial charge is 0.492 e. The fourth-order valence-electron chi connectivity index (χ4n) is 3.06. The second kappa shape index (κ2) is 5.85. The van der Waals surface area contributed by atoms with Gasteiger partial charge in [0.2, 0.25) is 0 Å². The fraction of sp³-hybridized carbons (Fsp3) is 0.625. The van der Waals surface area contributed by atoms with Gasteiger partial charge in [-0.1, -0.05) is 12.2 Å². The molecule has 0 N–H and O–H groups in total. The Morgan fingerprint density at radius 1 is 1.14 bits per heavy atom. The molecular weight excluding hydrogens is 284 g/mol. The normalized spacial score (nSPS) is 31.1. The van der Waals surface area contributed by atoms with Gasteiger partial charge < -0.3 is 4.74 Å². The van der Waals surface area contributed by atoms with E-state index in [0.717, 1.165) is 25.0 Å². The Bertz CT molecular complexity index is 457. The van der Waals surface area contributed by atoms with Crippen molar-refractivity contribution in [1.29, 1.82) is 0 Å². The van der Waals surface area contributed by atoms with Gasteiger partial charge in [-0.2, -0.15) is 17.6 Å². The van der Waals surface area contributed by atoms with Gasteiger partial charge in [0.05, 0.1) is 6.61 Å². The molecule has 0 unspecified atom stereocenters. The predicted octanol–water partition coefficient (Wildman–Crippen LogP) is 5.11. The van der Waals surface area contributed by atoms with E-state index in [-0.39, 0.29) is 6.61 Å². The molecule has 0 aromatic heterocycles. The van der Waals surface area contributed by atoms with E-state index in [1.807, 2.05) is 6.08 Å². The van der Waals surface area contributed by atoms with Crippen molar-refractivity contribution >= 4 is 0 Å². The summed E-state index contributed by atoms with van der Waals surface area (Å²) in [6.07, 6.45) is 6.35. The average molecular weight is 304 g/mol. The van der Waals surface area contributed by atoms with Crippen molar-refractivity contribution in [3.05, 3.63) is 36.1 Å². The molecular formula is C16H20F4O. The van der Waals surface area contributed by atoms with E-state index in [2.05, 4.69) is 11.3 Å². The summed E-state index contributed by atoms with van der Waals surface area (Å²) in [5.41, 5.74) is -0.460. The minimum absolute atomic E-state index is 0.0644. The smallest absolute Gasteiger partial charge is 0.369 e. The molecule has 0 aliphatic heterocycles. The van der Waals surface area contributed by atoms with Crippen LogP contribution in [0.3, 0.4) is 0 Å². The molecule has 1 nitrogen and oxygen atoms in total. The lowest BCUT2D eigenvalue weighted by molar-refractivity contribution is -0.189. The number of ether oxygens (including phenoxy) is 1. The number of hydrogen-bond acceptors (Lipinski definition) is 1. The van der Waals surface area contributed by atoms with Crippen LogP contribution >= 0.6 is 0 Å². The molecule has 0 amide bonds. The molecule has 0 spiro atoms. The van der Waals surface area contributed by atoms with Crippen LogP contribution in [0.2, 0.25) is 0 Å². The summed E-state index contributed by atoms with van der Waals surface area (Å²) < 4.78 is 61.1. The van der Waals surface area contributed by atoms with Gasteiger partial charge in [0, 0.05) is 5.57 Å². The molecule has 0 aromatic rings. The van der Waals surface area contributed by atoms with E-state index in [1.165, 1.54) is 6.92 Å². The Balaban J connectivity index is 2.25. The van der Waals surface area contributed by atoms with Crippen LogP contribution in [0.5, 0.6) is 0 Å². The third kappa shape index (κ3) is 2.74. The second-order valence-electron chi connectivity index (χ2n) is 5.58. The van der Waals surface area contributed by atoms with Crippen LogP contribution in [-0.2, 0) is 4.74 Å². The minimum atomic E-state index is -4.28. The molecule has 1 fully saturated rings. The quantitative estimate of drug-likeness (QED) is 0.518. The molecule has 2 rings (SSSR count). The first-order chi connectivity index (χ1) is 9.84. The summed E-state index contributed by atoms with van der Waals surface area (Å²) in [5, 5.41) is 0. The molecule has 1 saturated carbocycles. The highest BCUT2D eigenvalue weighted by Crippen LogP contribution is 2.52. The lowest BCUT2D eigenvalue weighted by Gasteiger charge is -2.37. The Labute approximate surface area is 122 Å². The van der Waals surface area contributed by atoms with Crippen LogP contribution < -0.4 is 0 Å². The zero-order valence-corrected chi connectivity index (χ0v) is 12.0. The average Bonchev–Trinajstić information content (AvgIpc) is 2.45. The molecule has 2 aliphatic carbocycles. The van der Waals surface area contributed by atoms with Crippen LogP contribution in [0, 0.1) is 11.8 Å². The monoisotopic (exact) mass is 304 g/mol. The van der Waals surface area contributed by atoms with Gasteiger partial charge in [-0.25, -0.2) is 0 Å². The topological polar surface area (TPSA) is 9.23 Å². The number of hydrogen-bond donors (Lipinski definition) is 0. The summed E-state index contributed by atoms with van der Waals surface area (Å²) in [6, 6.07) is 0. The summed E-state index contributed by atoms with van der Waals surface area (Å²) >= 11 is 0. The maximum absolute atomic E-state index is 14.2. The summed E-state index contributed by atoms with van der Waals surface area (Å²) in [5.74, 6) is -9.60. The van der Waals surface area contributed by atoms with Crippen LogP contribution in [0.4, 0.5) is 17.6 Å². The summed E-state index contributed by atoms with van der Waals surface area (Å²) in [6.45, 7) is 5.12. The zero-order chi connectivity index (χ0) is 15.7. The predicted molar refractivity (Wildman–Crippen MR) is 73.3 cm³/mol. The Morgan fingerprint density at radius 2 is 1.76 bits per heavy atom. The van der Waals surface area contributed by atoms with Gasteiger partial charge in [0.25, 0.3) is 0 Å². The molecule has 0 heterocycles. The van der Waals surface area contributed by atoms with Crippen molar-refractivity contribution in [2.45, 2.75) is 44.5 Å². The maximum atomic E-state index is 14.2. The number of rotatable bonds is 4. The van der Waals surface area contributed by atoms with E-state index >= 15 is 0 Å². The van der Waals surface area contributed by atoms with Gasteiger partial charge in [0.15, 0.2) is 5.76 Å². The van der Waals surface area contributed by atoms with Gasteiger partial charge >= 0.3 is 11.8 Å². The molecule has 0 aromatic carbocycles. The minimum Gasteiger partial charge on any atom is -0.492 e. The van der Waals surface area contributed by atoms with E-state index in [4.69, 9.17) is 0 Å². The highest BCUT2D eigenvalue weighted by molar-refractivity contribution is 5.36. The second-order valence-corrected chi connectivity index (χ2v) is 5.58. The first-order valence-corrected chi connectivity index (χ1v) is 7.28. The lowest BCUT2D eigenvalue weighted by atomic mass is 9.74. The Kier molecular flexibility index (Phi) is 4.49. The summed E-state index contributed by atoms with van der Waals surface area (Å²) in [4.78, 5) is 0. The standard InChI is InChI=1S/C16H20F4O/c1-3-11-5-7-12(8-6-11)13-9-10-14(21-4-2)16(19,20)15(13,17)18/h3,9-12H,1,4-8H2,2H3. The van der Waals surface area contributed by atoms with Gasteiger partial charge in [-0.3, -0.25) is 0 Å². The molecule has 118 valence electrons. The molecule has 0 atom stereocenters. The van der Waals surface area contributed by atoms with Crippen LogP contribution in [0.25, 0.3) is 0 Å². The molecule has 0 bridgehead atoms. The van der Waals surface area contributed by atoms with Crippen LogP contribution in [0.1, 0.15) is 32.6 Å². The van der Waals surface area contributed by atoms with Crippen molar-refractivity contribution in [2.24, 2.45) is 11.8 Å². The first-order valence-electron chi connectivity index (χ1n) is 7.28. The van der Waals surface area contributed by atoms with E-state index in [0.29, 0.717) is 18.8 Å². The highest BCUT2D eigenvalue weighted by atomic mass is 19.3. The van der Waals surface area contributed by atoms with Crippen LogP contribution in [0.15, 0.2) is 36.1 Å².